The minimum Gasteiger partial charge on any atom is -0.376 e. The van der Waals surface area contributed by atoms with Crippen LogP contribution in [-0.4, -0.2) is 57.5 Å². The predicted octanol–water partition coefficient (Wildman–Crippen LogP) is 1.72. The highest BCUT2D eigenvalue weighted by Crippen LogP contribution is 2.19. The number of hydrogen-bond acceptors (Lipinski definition) is 5. The molecule has 0 aromatic carbocycles. The van der Waals surface area contributed by atoms with Gasteiger partial charge in [0.25, 0.3) is 5.91 Å². The molecule has 1 aromatic rings. The monoisotopic (exact) mass is 336 g/mol. The molecule has 3 rings (SSSR count). The molecule has 0 N–H and O–H groups in total. The van der Waals surface area contributed by atoms with Gasteiger partial charge >= 0.3 is 0 Å². The molecule has 0 radical (unpaired) electrons. The fourth-order valence-corrected chi connectivity index (χ4v) is 3.31. The van der Waals surface area contributed by atoms with Gasteiger partial charge in [-0.1, -0.05) is 13.8 Å². The first kappa shape index (κ1) is 17.4. The van der Waals surface area contributed by atoms with Crippen LogP contribution in [0, 0.1) is 0 Å². The van der Waals surface area contributed by atoms with Gasteiger partial charge in [-0.05, 0) is 26.2 Å². The lowest BCUT2D eigenvalue weighted by molar-refractivity contribution is -0.147. The van der Waals surface area contributed by atoms with Crippen LogP contribution in [0.1, 0.15) is 57.6 Å². The number of carbonyl (C=O) groups is 1. The molecule has 0 spiro atoms. The molecule has 2 aliphatic rings. The average Bonchev–Trinajstić information content (AvgIpc) is 3.03. The molecule has 0 bridgehead atoms. The summed E-state index contributed by atoms with van der Waals surface area (Å²) in [5.74, 6) is 2.22. The summed E-state index contributed by atoms with van der Waals surface area (Å²) in [6, 6.07) is 0. The Bertz CT molecular complexity index is 566. The maximum atomic E-state index is 12.6. The lowest BCUT2D eigenvalue weighted by atomic mass is 10.1. The molecule has 1 saturated heterocycles. The molecule has 134 valence electrons. The smallest absolute Gasteiger partial charge is 0.251 e. The second kappa shape index (κ2) is 7.61. The molecule has 7 heteroatoms. The molecule has 1 aromatic heterocycles. The van der Waals surface area contributed by atoms with Crippen LogP contribution < -0.4 is 0 Å². The van der Waals surface area contributed by atoms with Gasteiger partial charge in [0.1, 0.15) is 11.9 Å². The standard InChI is InChI=1S/C17H28N4O3/c1-12(2)16-19-18-15-10-20(7-8-21(15)16)17(22)13(3)24-11-14-6-4-5-9-23-14/h12-14H,4-11H2,1-3H3/t13-,14+/m1/s1. The van der Waals surface area contributed by atoms with Gasteiger partial charge in [0.15, 0.2) is 5.82 Å². The third-order valence-electron chi connectivity index (χ3n) is 4.76. The van der Waals surface area contributed by atoms with Crippen LogP contribution in [0.3, 0.4) is 0 Å². The number of ether oxygens (including phenoxy) is 2. The molecule has 0 aliphatic carbocycles. The lowest BCUT2D eigenvalue weighted by Crippen LogP contribution is -2.44. The van der Waals surface area contributed by atoms with Crippen molar-refractivity contribution in [2.24, 2.45) is 0 Å². The van der Waals surface area contributed by atoms with Crippen molar-refractivity contribution >= 4 is 5.91 Å². The SMILES string of the molecule is CC(C)c1nnc2n1CCN(C(=O)[C@@H](C)OC[C@@H]1CCCCO1)C2. The van der Waals surface area contributed by atoms with Gasteiger partial charge in [-0.25, -0.2) is 0 Å². The van der Waals surface area contributed by atoms with Crippen molar-refractivity contribution in [2.45, 2.75) is 71.2 Å². The van der Waals surface area contributed by atoms with E-state index in [2.05, 4.69) is 28.6 Å². The zero-order chi connectivity index (χ0) is 17.1. The van der Waals surface area contributed by atoms with E-state index in [1.165, 1.54) is 6.42 Å². The van der Waals surface area contributed by atoms with Crippen LogP contribution in [0.5, 0.6) is 0 Å². The second-order valence-electron chi connectivity index (χ2n) is 7.00. The maximum absolute atomic E-state index is 12.6. The third kappa shape index (κ3) is 3.78. The van der Waals surface area contributed by atoms with Crippen molar-refractivity contribution in [2.75, 3.05) is 19.8 Å². The fraction of sp³-hybridized carbons (Fsp3) is 0.824. The fourth-order valence-electron chi connectivity index (χ4n) is 3.31. The van der Waals surface area contributed by atoms with E-state index in [4.69, 9.17) is 9.47 Å². The summed E-state index contributed by atoms with van der Waals surface area (Å²) in [6.45, 7) is 9.27. The van der Waals surface area contributed by atoms with Crippen molar-refractivity contribution in [3.63, 3.8) is 0 Å². The van der Waals surface area contributed by atoms with Gasteiger partial charge in [0, 0.05) is 25.6 Å². The molecule has 0 saturated carbocycles. The largest absolute Gasteiger partial charge is 0.376 e. The topological polar surface area (TPSA) is 69.5 Å². The van der Waals surface area contributed by atoms with Crippen molar-refractivity contribution in [3.05, 3.63) is 11.6 Å². The Labute approximate surface area is 143 Å². The molecule has 24 heavy (non-hydrogen) atoms. The van der Waals surface area contributed by atoms with Crippen molar-refractivity contribution < 1.29 is 14.3 Å². The van der Waals surface area contributed by atoms with Crippen LogP contribution in [-0.2, 0) is 27.4 Å². The van der Waals surface area contributed by atoms with Gasteiger partial charge in [-0.2, -0.15) is 0 Å². The number of aromatic nitrogens is 3. The molecule has 2 atom stereocenters. The highest BCUT2D eigenvalue weighted by atomic mass is 16.5. The van der Waals surface area contributed by atoms with E-state index in [0.29, 0.717) is 25.6 Å². The quantitative estimate of drug-likeness (QED) is 0.819. The molecule has 2 aliphatic heterocycles. The number of amides is 1. The summed E-state index contributed by atoms with van der Waals surface area (Å²) in [5.41, 5.74) is 0. The molecule has 7 nitrogen and oxygen atoms in total. The normalized spacial score (nSPS) is 22.5. The Balaban J connectivity index is 1.53. The number of nitrogens with zero attached hydrogens (tertiary/aromatic N) is 4. The van der Waals surface area contributed by atoms with Gasteiger partial charge in [-0.3, -0.25) is 4.79 Å². The summed E-state index contributed by atoms with van der Waals surface area (Å²) < 4.78 is 13.6. The Hall–Kier alpha value is -1.47. The van der Waals surface area contributed by atoms with Crippen molar-refractivity contribution in [3.8, 4) is 0 Å². The van der Waals surface area contributed by atoms with E-state index in [0.717, 1.165) is 37.6 Å². The van der Waals surface area contributed by atoms with Crippen LogP contribution in [0.4, 0.5) is 0 Å². The summed E-state index contributed by atoms with van der Waals surface area (Å²) in [5, 5.41) is 8.51. The van der Waals surface area contributed by atoms with Crippen molar-refractivity contribution in [1.29, 1.82) is 0 Å². The van der Waals surface area contributed by atoms with E-state index in [1.54, 1.807) is 0 Å². The number of hydrogen-bond donors (Lipinski definition) is 0. The first-order valence-electron chi connectivity index (χ1n) is 9.00. The van der Waals surface area contributed by atoms with Crippen LogP contribution in [0.15, 0.2) is 0 Å². The first-order valence-corrected chi connectivity index (χ1v) is 9.00. The average molecular weight is 336 g/mol. The highest BCUT2D eigenvalue weighted by molar-refractivity contribution is 5.80. The van der Waals surface area contributed by atoms with E-state index >= 15 is 0 Å². The van der Waals surface area contributed by atoms with Gasteiger partial charge in [-0.15, -0.1) is 10.2 Å². The predicted molar refractivity (Wildman–Crippen MR) is 88.5 cm³/mol. The highest BCUT2D eigenvalue weighted by Gasteiger charge is 2.28. The molecule has 0 unspecified atom stereocenters. The van der Waals surface area contributed by atoms with Crippen LogP contribution in [0.2, 0.25) is 0 Å². The Morgan fingerprint density at radius 2 is 2.12 bits per heavy atom. The first-order chi connectivity index (χ1) is 11.6. The second-order valence-corrected chi connectivity index (χ2v) is 7.00. The Morgan fingerprint density at radius 3 is 2.83 bits per heavy atom. The Kier molecular flexibility index (Phi) is 5.50. The van der Waals surface area contributed by atoms with Gasteiger partial charge in [0.2, 0.25) is 0 Å². The van der Waals surface area contributed by atoms with E-state index in [9.17, 15) is 4.79 Å². The molecular weight excluding hydrogens is 308 g/mol. The number of carbonyl (C=O) groups excluding carboxylic acids is 1. The van der Waals surface area contributed by atoms with Gasteiger partial charge in [0.05, 0.1) is 19.3 Å². The van der Waals surface area contributed by atoms with Crippen molar-refractivity contribution in [1.82, 2.24) is 19.7 Å². The van der Waals surface area contributed by atoms with E-state index in [-0.39, 0.29) is 12.0 Å². The van der Waals surface area contributed by atoms with E-state index < -0.39 is 6.10 Å². The Morgan fingerprint density at radius 1 is 1.29 bits per heavy atom. The zero-order valence-corrected chi connectivity index (χ0v) is 14.9. The van der Waals surface area contributed by atoms with Crippen LogP contribution in [0.25, 0.3) is 0 Å². The van der Waals surface area contributed by atoms with Crippen LogP contribution >= 0.6 is 0 Å². The minimum absolute atomic E-state index is 0.0196. The maximum Gasteiger partial charge on any atom is 0.251 e. The van der Waals surface area contributed by atoms with E-state index in [1.807, 2.05) is 11.8 Å². The number of fused-ring (bicyclic) bond motifs is 1. The summed E-state index contributed by atoms with van der Waals surface area (Å²) in [7, 11) is 0. The molecule has 3 heterocycles. The zero-order valence-electron chi connectivity index (χ0n) is 14.9. The molecular formula is C17H28N4O3. The minimum atomic E-state index is -0.449. The summed E-state index contributed by atoms with van der Waals surface area (Å²) >= 11 is 0. The third-order valence-corrected chi connectivity index (χ3v) is 4.76. The summed E-state index contributed by atoms with van der Waals surface area (Å²) in [6.07, 6.45) is 3.00. The summed E-state index contributed by atoms with van der Waals surface area (Å²) in [4.78, 5) is 14.4. The van der Waals surface area contributed by atoms with Gasteiger partial charge < -0.3 is 18.9 Å². The molecule has 1 amide bonds. The lowest BCUT2D eigenvalue weighted by Gasteiger charge is -2.31. The molecule has 1 fully saturated rings. The number of rotatable bonds is 5.